The summed E-state index contributed by atoms with van der Waals surface area (Å²) in [6.45, 7) is -2.27. The van der Waals surface area contributed by atoms with Crippen LogP contribution in [0.5, 0.6) is 0 Å². The van der Waals surface area contributed by atoms with E-state index in [-0.39, 0.29) is 11.5 Å². The van der Waals surface area contributed by atoms with Crippen LogP contribution >= 0.6 is 0 Å². The molecule has 7 nitrogen and oxygen atoms in total. The summed E-state index contributed by atoms with van der Waals surface area (Å²) in [7, 11) is 0. The summed E-state index contributed by atoms with van der Waals surface area (Å²) in [5, 5.41) is 15.8. The van der Waals surface area contributed by atoms with Crippen LogP contribution in [0.1, 0.15) is 0 Å². The SMILES string of the molecule is O=C(O)CN(CC(F)(F)F)c1nccn2cnnc12. The van der Waals surface area contributed by atoms with Crippen LogP contribution in [0.2, 0.25) is 0 Å². The molecule has 0 unspecified atom stereocenters. The highest BCUT2D eigenvalue weighted by Gasteiger charge is 2.33. The average molecular weight is 275 g/mol. The minimum absolute atomic E-state index is 0.0630. The number of alkyl halides is 3. The molecule has 0 saturated heterocycles. The number of halogens is 3. The molecule has 0 bridgehead atoms. The van der Waals surface area contributed by atoms with Gasteiger partial charge >= 0.3 is 12.1 Å². The van der Waals surface area contributed by atoms with Crippen molar-refractivity contribution in [1.82, 2.24) is 19.6 Å². The van der Waals surface area contributed by atoms with E-state index in [0.29, 0.717) is 4.90 Å². The Morgan fingerprint density at radius 1 is 1.47 bits per heavy atom. The minimum Gasteiger partial charge on any atom is -0.480 e. The molecule has 0 saturated carbocycles. The van der Waals surface area contributed by atoms with Gasteiger partial charge in [0, 0.05) is 12.4 Å². The maximum atomic E-state index is 12.5. The Morgan fingerprint density at radius 2 is 2.21 bits per heavy atom. The molecule has 10 heteroatoms. The third-order valence-electron chi connectivity index (χ3n) is 2.19. The first-order valence-corrected chi connectivity index (χ1v) is 5.04. The lowest BCUT2D eigenvalue weighted by Crippen LogP contribution is -2.38. The molecule has 0 amide bonds. The van der Waals surface area contributed by atoms with Gasteiger partial charge in [-0.25, -0.2) is 4.98 Å². The van der Waals surface area contributed by atoms with Gasteiger partial charge in [-0.05, 0) is 0 Å². The summed E-state index contributed by atoms with van der Waals surface area (Å²) in [6.07, 6.45) is -0.570. The Labute approximate surface area is 104 Å². The van der Waals surface area contributed by atoms with Crippen molar-refractivity contribution in [3.63, 3.8) is 0 Å². The number of carbonyl (C=O) groups is 1. The molecular formula is C9H8F3N5O2. The van der Waals surface area contributed by atoms with E-state index in [2.05, 4.69) is 15.2 Å². The van der Waals surface area contributed by atoms with E-state index in [1.54, 1.807) is 0 Å². The molecular weight excluding hydrogens is 267 g/mol. The Hall–Kier alpha value is -2.39. The Bertz CT molecular complexity index is 597. The van der Waals surface area contributed by atoms with Gasteiger partial charge in [0.15, 0.2) is 5.82 Å². The van der Waals surface area contributed by atoms with Crippen molar-refractivity contribution in [1.29, 1.82) is 0 Å². The second-order valence-electron chi connectivity index (χ2n) is 3.68. The fraction of sp³-hybridized carbons (Fsp3) is 0.333. The molecule has 0 fully saturated rings. The Balaban J connectivity index is 2.42. The Kier molecular flexibility index (Phi) is 3.23. The molecule has 0 aliphatic rings. The molecule has 2 heterocycles. The smallest absolute Gasteiger partial charge is 0.405 e. The van der Waals surface area contributed by atoms with Crippen molar-refractivity contribution < 1.29 is 23.1 Å². The number of hydrogen-bond acceptors (Lipinski definition) is 5. The summed E-state index contributed by atoms with van der Waals surface area (Å²) in [5.74, 6) is -1.58. The minimum atomic E-state index is -4.55. The van der Waals surface area contributed by atoms with E-state index >= 15 is 0 Å². The van der Waals surface area contributed by atoms with Crippen molar-refractivity contribution in [2.75, 3.05) is 18.0 Å². The molecule has 0 aliphatic heterocycles. The van der Waals surface area contributed by atoms with Gasteiger partial charge in [0.25, 0.3) is 0 Å². The number of aliphatic carboxylic acids is 1. The van der Waals surface area contributed by atoms with E-state index in [1.165, 1.54) is 23.1 Å². The lowest BCUT2D eigenvalue weighted by molar-refractivity contribution is -0.136. The van der Waals surface area contributed by atoms with Crippen molar-refractivity contribution in [3.05, 3.63) is 18.7 Å². The number of anilines is 1. The van der Waals surface area contributed by atoms with Gasteiger partial charge < -0.3 is 10.0 Å². The lowest BCUT2D eigenvalue weighted by Gasteiger charge is -2.22. The number of rotatable bonds is 4. The van der Waals surface area contributed by atoms with Gasteiger partial charge in [0.1, 0.15) is 19.4 Å². The highest BCUT2D eigenvalue weighted by atomic mass is 19.4. The largest absolute Gasteiger partial charge is 0.480 e. The second kappa shape index (κ2) is 4.71. The van der Waals surface area contributed by atoms with Crippen molar-refractivity contribution in [3.8, 4) is 0 Å². The molecule has 1 N–H and O–H groups in total. The number of hydrogen-bond donors (Lipinski definition) is 1. The summed E-state index contributed by atoms with van der Waals surface area (Å²) in [5.41, 5.74) is 0.0630. The number of carboxylic acid groups (broad SMARTS) is 1. The Morgan fingerprint density at radius 3 is 2.84 bits per heavy atom. The fourth-order valence-electron chi connectivity index (χ4n) is 1.55. The molecule has 0 radical (unpaired) electrons. The zero-order valence-electron chi connectivity index (χ0n) is 9.37. The zero-order valence-corrected chi connectivity index (χ0v) is 9.37. The molecule has 0 aromatic carbocycles. The topological polar surface area (TPSA) is 83.6 Å². The quantitative estimate of drug-likeness (QED) is 0.878. The number of fused-ring (bicyclic) bond motifs is 1. The molecule has 2 aromatic heterocycles. The van der Waals surface area contributed by atoms with E-state index < -0.39 is 25.2 Å². The first-order chi connectivity index (χ1) is 8.87. The molecule has 0 spiro atoms. The summed E-state index contributed by atoms with van der Waals surface area (Å²) < 4.78 is 38.7. The van der Waals surface area contributed by atoms with Crippen molar-refractivity contribution in [2.45, 2.75) is 6.18 Å². The van der Waals surface area contributed by atoms with E-state index in [1.807, 2.05) is 0 Å². The lowest BCUT2D eigenvalue weighted by atomic mass is 10.4. The second-order valence-corrected chi connectivity index (χ2v) is 3.68. The van der Waals surface area contributed by atoms with Gasteiger partial charge in [0.2, 0.25) is 5.65 Å². The number of carboxylic acids is 1. The fourth-order valence-corrected chi connectivity index (χ4v) is 1.55. The molecule has 0 atom stereocenters. The van der Waals surface area contributed by atoms with Crippen molar-refractivity contribution in [2.24, 2.45) is 0 Å². The highest BCUT2D eigenvalue weighted by molar-refractivity contribution is 5.76. The monoisotopic (exact) mass is 275 g/mol. The van der Waals surface area contributed by atoms with E-state index in [0.717, 1.165) is 0 Å². The number of nitrogens with zero attached hydrogens (tertiary/aromatic N) is 5. The van der Waals surface area contributed by atoms with Gasteiger partial charge in [0.05, 0.1) is 0 Å². The van der Waals surface area contributed by atoms with Gasteiger partial charge in [-0.1, -0.05) is 0 Å². The maximum absolute atomic E-state index is 12.5. The van der Waals surface area contributed by atoms with Crippen LogP contribution in [0.25, 0.3) is 5.65 Å². The third-order valence-corrected chi connectivity index (χ3v) is 2.19. The molecule has 0 aliphatic carbocycles. The molecule has 2 aromatic rings. The molecule has 102 valence electrons. The normalized spacial score (nSPS) is 11.7. The predicted molar refractivity (Wildman–Crippen MR) is 56.7 cm³/mol. The first kappa shape index (κ1) is 13.1. The zero-order chi connectivity index (χ0) is 14.0. The van der Waals surface area contributed by atoms with Crippen LogP contribution < -0.4 is 4.90 Å². The van der Waals surface area contributed by atoms with Crippen LogP contribution in [-0.4, -0.2) is 49.9 Å². The molecule has 19 heavy (non-hydrogen) atoms. The van der Waals surface area contributed by atoms with Crippen LogP contribution in [0, 0.1) is 0 Å². The van der Waals surface area contributed by atoms with E-state index in [9.17, 15) is 18.0 Å². The van der Waals surface area contributed by atoms with Gasteiger partial charge in [-0.2, -0.15) is 13.2 Å². The van der Waals surface area contributed by atoms with Gasteiger partial charge in [-0.15, -0.1) is 10.2 Å². The van der Waals surface area contributed by atoms with E-state index in [4.69, 9.17) is 5.11 Å². The van der Waals surface area contributed by atoms with Crippen LogP contribution in [0.4, 0.5) is 19.0 Å². The third kappa shape index (κ3) is 3.09. The van der Waals surface area contributed by atoms with Crippen molar-refractivity contribution >= 4 is 17.4 Å². The molecule has 2 rings (SSSR count). The summed E-state index contributed by atoms with van der Waals surface area (Å²) in [6, 6.07) is 0. The highest BCUT2D eigenvalue weighted by Crippen LogP contribution is 2.22. The first-order valence-electron chi connectivity index (χ1n) is 5.04. The number of aromatic nitrogens is 4. The standard InChI is InChI=1S/C9H8F3N5O2/c10-9(11,12)4-17(3-6(18)19)7-8-15-14-5-16(8)2-1-13-7/h1-2,5H,3-4H2,(H,18,19). The summed E-state index contributed by atoms with van der Waals surface area (Å²) in [4.78, 5) is 15.0. The van der Waals surface area contributed by atoms with Crippen LogP contribution in [-0.2, 0) is 4.79 Å². The average Bonchev–Trinajstić information content (AvgIpc) is 2.72. The maximum Gasteiger partial charge on any atom is 0.405 e. The predicted octanol–water partition coefficient (Wildman–Crippen LogP) is 0.578. The van der Waals surface area contributed by atoms with Gasteiger partial charge in [-0.3, -0.25) is 9.20 Å². The van der Waals surface area contributed by atoms with Crippen LogP contribution in [0.3, 0.4) is 0 Å². The summed E-state index contributed by atoms with van der Waals surface area (Å²) >= 11 is 0. The van der Waals surface area contributed by atoms with Crippen LogP contribution in [0.15, 0.2) is 18.7 Å².